The van der Waals surface area contributed by atoms with Gasteiger partial charge in [0.25, 0.3) is 5.91 Å². The zero-order valence-corrected chi connectivity index (χ0v) is 10.7. The van der Waals surface area contributed by atoms with Crippen molar-refractivity contribution in [2.45, 2.75) is 18.9 Å². The molecule has 0 bridgehead atoms. The minimum absolute atomic E-state index is 0.00443. The van der Waals surface area contributed by atoms with E-state index < -0.39 is 0 Å². The Bertz CT molecular complexity index is 443. The van der Waals surface area contributed by atoms with E-state index in [1.54, 1.807) is 18.2 Å². The fraction of sp³-hybridized carbons (Fsp3) is 0.333. The molecule has 1 amide bonds. The first-order valence-electron chi connectivity index (χ1n) is 5.36. The first-order chi connectivity index (χ1) is 8.19. The van der Waals surface area contributed by atoms with Crippen LogP contribution in [0.25, 0.3) is 0 Å². The summed E-state index contributed by atoms with van der Waals surface area (Å²) in [5.41, 5.74) is 0.562. The van der Waals surface area contributed by atoms with Gasteiger partial charge in [-0.25, -0.2) is 0 Å². The molecule has 0 heterocycles. The molecular formula is C12H12BrNO3. The van der Waals surface area contributed by atoms with Gasteiger partial charge in [-0.1, -0.05) is 0 Å². The van der Waals surface area contributed by atoms with E-state index in [0.29, 0.717) is 21.8 Å². The lowest BCUT2D eigenvalue weighted by molar-refractivity contribution is -0.123. The van der Waals surface area contributed by atoms with Crippen molar-refractivity contribution in [1.29, 1.82) is 0 Å². The summed E-state index contributed by atoms with van der Waals surface area (Å²) in [4.78, 5) is 21.9. The molecule has 1 fully saturated rings. The summed E-state index contributed by atoms with van der Waals surface area (Å²) in [7, 11) is 0. The van der Waals surface area contributed by atoms with Crippen molar-refractivity contribution < 1.29 is 14.3 Å². The summed E-state index contributed by atoms with van der Waals surface area (Å²) in [5, 5.41) is 2.83. The maximum absolute atomic E-state index is 11.4. The van der Waals surface area contributed by atoms with Crippen LogP contribution in [0.5, 0.6) is 5.75 Å². The van der Waals surface area contributed by atoms with Crippen LogP contribution >= 0.6 is 15.9 Å². The number of hydrogen-bond donors (Lipinski definition) is 1. The average Bonchev–Trinajstić information content (AvgIpc) is 3.11. The second kappa shape index (κ2) is 5.31. The predicted molar refractivity (Wildman–Crippen MR) is 66.2 cm³/mol. The van der Waals surface area contributed by atoms with Crippen molar-refractivity contribution in [2.24, 2.45) is 0 Å². The molecule has 1 saturated carbocycles. The highest BCUT2D eigenvalue weighted by Crippen LogP contribution is 2.25. The van der Waals surface area contributed by atoms with Crippen molar-refractivity contribution in [3.8, 4) is 5.75 Å². The summed E-state index contributed by atoms with van der Waals surface area (Å²) in [6.07, 6.45) is 2.88. The Labute approximate surface area is 107 Å². The molecule has 0 aromatic heterocycles. The van der Waals surface area contributed by atoms with Gasteiger partial charge in [-0.15, -0.1) is 0 Å². The Kier molecular flexibility index (Phi) is 3.78. The van der Waals surface area contributed by atoms with Crippen LogP contribution in [-0.2, 0) is 4.79 Å². The highest BCUT2D eigenvalue weighted by Gasteiger charge is 2.23. The number of aldehydes is 1. The van der Waals surface area contributed by atoms with Gasteiger partial charge in [-0.05, 0) is 47.0 Å². The number of amides is 1. The molecule has 0 atom stereocenters. The third kappa shape index (κ3) is 3.56. The molecule has 1 N–H and O–H groups in total. The molecule has 4 nitrogen and oxygen atoms in total. The summed E-state index contributed by atoms with van der Waals surface area (Å²) in [6, 6.07) is 5.30. The Morgan fingerprint density at radius 2 is 2.29 bits per heavy atom. The summed E-state index contributed by atoms with van der Waals surface area (Å²) >= 11 is 3.29. The predicted octanol–water partition coefficient (Wildman–Crippen LogP) is 1.92. The summed E-state index contributed by atoms with van der Waals surface area (Å²) in [5.74, 6) is 0.445. The molecule has 17 heavy (non-hydrogen) atoms. The number of benzene rings is 1. The van der Waals surface area contributed by atoms with Crippen LogP contribution in [0.1, 0.15) is 23.2 Å². The smallest absolute Gasteiger partial charge is 0.258 e. The fourth-order valence-electron chi connectivity index (χ4n) is 1.35. The first kappa shape index (κ1) is 12.1. The van der Waals surface area contributed by atoms with Crippen molar-refractivity contribution in [3.63, 3.8) is 0 Å². The van der Waals surface area contributed by atoms with E-state index in [4.69, 9.17) is 4.74 Å². The number of carbonyl (C=O) groups is 2. The number of rotatable bonds is 5. The second-order valence-electron chi connectivity index (χ2n) is 3.94. The zero-order chi connectivity index (χ0) is 12.3. The Balaban J connectivity index is 1.89. The average molecular weight is 298 g/mol. The van der Waals surface area contributed by atoms with Gasteiger partial charge < -0.3 is 10.1 Å². The Morgan fingerprint density at radius 3 is 2.88 bits per heavy atom. The molecule has 1 aliphatic carbocycles. The number of halogens is 1. The molecule has 1 aromatic rings. The topological polar surface area (TPSA) is 55.4 Å². The van der Waals surface area contributed by atoms with Gasteiger partial charge in [0, 0.05) is 11.6 Å². The van der Waals surface area contributed by atoms with Crippen LogP contribution in [0.15, 0.2) is 22.7 Å². The van der Waals surface area contributed by atoms with Crippen molar-refractivity contribution in [3.05, 3.63) is 28.2 Å². The van der Waals surface area contributed by atoms with Gasteiger partial charge in [0.1, 0.15) is 12.0 Å². The van der Waals surface area contributed by atoms with Gasteiger partial charge in [0.05, 0.1) is 4.47 Å². The number of ether oxygens (including phenoxy) is 1. The highest BCUT2D eigenvalue weighted by molar-refractivity contribution is 9.10. The molecule has 5 heteroatoms. The molecule has 0 unspecified atom stereocenters. The van der Waals surface area contributed by atoms with Gasteiger partial charge in [0.15, 0.2) is 6.61 Å². The Morgan fingerprint density at radius 1 is 1.53 bits per heavy atom. The lowest BCUT2D eigenvalue weighted by Gasteiger charge is -2.08. The summed E-state index contributed by atoms with van der Waals surface area (Å²) in [6.45, 7) is -0.00443. The van der Waals surface area contributed by atoms with Gasteiger partial charge in [-0.3, -0.25) is 9.59 Å². The largest absolute Gasteiger partial charge is 0.483 e. The number of carbonyl (C=O) groups excluding carboxylic acids is 2. The lowest BCUT2D eigenvalue weighted by atomic mass is 10.2. The minimum atomic E-state index is -0.112. The van der Waals surface area contributed by atoms with Crippen LogP contribution < -0.4 is 10.1 Å². The van der Waals surface area contributed by atoms with Crippen LogP contribution in [0.4, 0.5) is 0 Å². The SMILES string of the molecule is O=Cc1ccc(OCC(=O)NC2CC2)c(Br)c1. The normalized spacial score (nSPS) is 14.2. The molecule has 1 aliphatic rings. The van der Waals surface area contributed by atoms with Gasteiger partial charge in [0.2, 0.25) is 0 Å². The van der Waals surface area contributed by atoms with Gasteiger partial charge in [-0.2, -0.15) is 0 Å². The Hall–Kier alpha value is -1.36. The second-order valence-corrected chi connectivity index (χ2v) is 4.79. The molecule has 90 valence electrons. The third-order valence-corrected chi connectivity index (χ3v) is 3.01. The van der Waals surface area contributed by atoms with Crippen molar-refractivity contribution in [1.82, 2.24) is 5.32 Å². The molecule has 1 aromatic carbocycles. The van der Waals surface area contributed by atoms with Crippen LogP contribution in [-0.4, -0.2) is 24.8 Å². The quantitative estimate of drug-likeness (QED) is 0.845. The maximum Gasteiger partial charge on any atom is 0.258 e. The fourth-order valence-corrected chi connectivity index (χ4v) is 1.86. The number of hydrogen-bond acceptors (Lipinski definition) is 3. The van der Waals surface area contributed by atoms with E-state index in [2.05, 4.69) is 21.2 Å². The maximum atomic E-state index is 11.4. The van der Waals surface area contributed by atoms with Crippen molar-refractivity contribution in [2.75, 3.05) is 6.61 Å². The standard InChI is InChI=1S/C12H12BrNO3/c13-10-5-8(6-15)1-4-11(10)17-7-12(16)14-9-2-3-9/h1,4-6,9H,2-3,7H2,(H,14,16). The zero-order valence-electron chi connectivity index (χ0n) is 9.11. The molecule has 2 rings (SSSR count). The van der Waals surface area contributed by atoms with E-state index in [0.717, 1.165) is 19.1 Å². The van der Waals surface area contributed by atoms with E-state index in [9.17, 15) is 9.59 Å². The highest BCUT2D eigenvalue weighted by atomic mass is 79.9. The molecule has 0 radical (unpaired) electrons. The van der Waals surface area contributed by atoms with E-state index >= 15 is 0 Å². The third-order valence-electron chi connectivity index (χ3n) is 2.39. The van der Waals surface area contributed by atoms with Gasteiger partial charge >= 0.3 is 0 Å². The molecule has 0 spiro atoms. The van der Waals surface area contributed by atoms with E-state index in [1.165, 1.54) is 0 Å². The van der Waals surface area contributed by atoms with Crippen LogP contribution in [0.2, 0.25) is 0 Å². The molecule has 0 saturated heterocycles. The van der Waals surface area contributed by atoms with Crippen LogP contribution in [0, 0.1) is 0 Å². The van der Waals surface area contributed by atoms with E-state index in [-0.39, 0.29) is 12.5 Å². The minimum Gasteiger partial charge on any atom is -0.483 e. The van der Waals surface area contributed by atoms with E-state index in [1.807, 2.05) is 0 Å². The lowest BCUT2D eigenvalue weighted by Crippen LogP contribution is -2.30. The molecule has 0 aliphatic heterocycles. The summed E-state index contributed by atoms with van der Waals surface area (Å²) < 4.78 is 6.02. The van der Waals surface area contributed by atoms with Crippen LogP contribution in [0.3, 0.4) is 0 Å². The first-order valence-corrected chi connectivity index (χ1v) is 6.15. The number of nitrogens with one attached hydrogen (secondary N) is 1. The van der Waals surface area contributed by atoms with Crippen molar-refractivity contribution >= 4 is 28.1 Å². The molecular weight excluding hydrogens is 286 g/mol. The monoisotopic (exact) mass is 297 g/mol.